The van der Waals surface area contributed by atoms with E-state index in [1.807, 2.05) is 4.90 Å². The highest BCUT2D eigenvalue weighted by Gasteiger charge is 2.34. The first-order chi connectivity index (χ1) is 9.03. The van der Waals surface area contributed by atoms with Crippen LogP contribution >= 0.6 is 0 Å². The second-order valence-electron chi connectivity index (χ2n) is 6.16. The van der Waals surface area contributed by atoms with Crippen LogP contribution in [0.3, 0.4) is 0 Å². The predicted octanol–water partition coefficient (Wildman–Crippen LogP) is 1.29. The molecule has 2 heterocycles. The normalized spacial score (nSPS) is 22.4. The summed E-state index contributed by atoms with van der Waals surface area (Å²) in [6.45, 7) is 8.74. The first-order valence-corrected chi connectivity index (χ1v) is 7.35. The van der Waals surface area contributed by atoms with E-state index in [1.165, 1.54) is 0 Å². The molecule has 0 bridgehead atoms. The lowest BCUT2D eigenvalue weighted by molar-refractivity contribution is 0.0108. The van der Waals surface area contributed by atoms with Crippen LogP contribution in [0.15, 0.2) is 0 Å². The fourth-order valence-corrected chi connectivity index (χ4v) is 2.77. The minimum Gasteiger partial charge on any atom is -0.379 e. The fraction of sp³-hybridized carbons (Fsp3) is 0.929. The zero-order valence-corrected chi connectivity index (χ0v) is 12.4. The third-order valence-corrected chi connectivity index (χ3v) is 4.41. The number of piperidine rings is 1. The molecule has 2 aliphatic heterocycles. The molecule has 0 aliphatic carbocycles. The van der Waals surface area contributed by atoms with Gasteiger partial charge in [0.25, 0.3) is 0 Å². The van der Waals surface area contributed by atoms with Gasteiger partial charge in [-0.05, 0) is 46.2 Å². The van der Waals surface area contributed by atoms with Gasteiger partial charge in [0, 0.05) is 32.8 Å². The van der Waals surface area contributed by atoms with Crippen molar-refractivity contribution in [3.8, 4) is 0 Å². The van der Waals surface area contributed by atoms with Gasteiger partial charge < -0.3 is 19.9 Å². The van der Waals surface area contributed by atoms with Crippen LogP contribution < -0.4 is 5.32 Å². The first-order valence-electron chi connectivity index (χ1n) is 7.35. The number of amides is 2. The van der Waals surface area contributed by atoms with E-state index in [9.17, 15) is 4.79 Å². The van der Waals surface area contributed by atoms with Crippen molar-refractivity contribution in [1.82, 2.24) is 15.1 Å². The minimum atomic E-state index is -0.150. The molecule has 2 aliphatic rings. The molecule has 0 spiro atoms. The standard InChI is InChI=1S/C14H27N3O2/c1-14(2,19-3)6-9-16-10-11-17(13(16)18)12-4-7-15-8-5-12/h12,15H,4-11H2,1-3H3. The van der Waals surface area contributed by atoms with E-state index in [2.05, 4.69) is 24.1 Å². The van der Waals surface area contributed by atoms with E-state index in [4.69, 9.17) is 4.74 Å². The Kier molecular flexibility index (Phi) is 4.68. The van der Waals surface area contributed by atoms with E-state index in [0.29, 0.717) is 6.04 Å². The Bertz CT molecular complexity index is 314. The van der Waals surface area contributed by atoms with Crippen molar-refractivity contribution in [2.45, 2.75) is 44.8 Å². The number of carbonyl (C=O) groups excluding carboxylic acids is 1. The van der Waals surface area contributed by atoms with E-state index < -0.39 is 0 Å². The van der Waals surface area contributed by atoms with Crippen molar-refractivity contribution in [3.63, 3.8) is 0 Å². The molecule has 19 heavy (non-hydrogen) atoms. The van der Waals surface area contributed by atoms with Crippen LogP contribution in [-0.2, 0) is 4.74 Å². The van der Waals surface area contributed by atoms with Gasteiger partial charge in [-0.2, -0.15) is 0 Å². The maximum atomic E-state index is 12.4. The Balaban J connectivity index is 1.83. The van der Waals surface area contributed by atoms with Crippen LogP contribution in [0.4, 0.5) is 4.79 Å². The summed E-state index contributed by atoms with van der Waals surface area (Å²) in [5, 5.41) is 3.35. The maximum absolute atomic E-state index is 12.4. The van der Waals surface area contributed by atoms with E-state index in [1.54, 1.807) is 7.11 Å². The van der Waals surface area contributed by atoms with E-state index >= 15 is 0 Å². The van der Waals surface area contributed by atoms with Crippen molar-refractivity contribution < 1.29 is 9.53 Å². The van der Waals surface area contributed by atoms with Crippen molar-refractivity contribution in [2.24, 2.45) is 0 Å². The summed E-state index contributed by atoms with van der Waals surface area (Å²) in [5.41, 5.74) is -0.150. The van der Waals surface area contributed by atoms with Gasteiger partial charge in [-0.25, -0.2) is 4.79 Å². The van der Waals surface area contributed by atoms with Gasteiger partial charge in [0.15, 0.2) is 0 Å². The molecule has 2 rings (SSSR count). The van der Waals surface area contributed by atoms with E-state index in [0.717, 1.165) is 52.0 Å². The molecular formula is C14H27N3O2. The van der Waals surface area contributed by atoms with Gasteiger partial charge in [0.1, 0.15) is 0 Å². The van der Waals surface area contributed by atoms with Crippen molar-refractivity contribution >= 4 is 6.03 Å². The van der Waals surface area contributed by atoms with Crippen LogP contribution in [0.2, 0.25) is 0 Å². The molecule has 0 aromatic rings. The molecule has 0 aromatic heterocycles. The molecule has 2 fully saturated rings. The van der Waals surface area contributed by atoms with Crippen LogP contribution in [0, 0.1) is 0 Å². The van der Waals surface area contributed by atoms with Crippen molar-refractivity contribution in [3.05, 3.63) is 0 Å². The summed E-state index contributed by atoms with van der Waals surface area (Å²) in [4.78, 5) is 16.4. The first kappa shape index (κ1) is 14.6. The Labute approximate surface area is 116 Å². The molecule has 0 radical (unpaired) electrons. The highest BCUT2D eigenvalue weighted by molar-refractivity contribution is 5.76. The molecule has 2 saturated heterocycles. The predicted molar refractivity (Wildman–Crippen MR) is 75.3 cm³/mol. The van der Waals surface area contributed by atoms with Crippen LogP contribution in [0.5, 0.6) is 0 Å². The number of methoxy groups -OCH3 is 1. The van der Waals surface area contributed by atoms with Gasteiger partial charge >= 0.3 is 6.03 Å². The Morgan fingerprint density at radius 3 is 2.63 bits per heavy atom. The second kappa shape index (κ2) is 6.09. The van der Waals surface area contributed by atoms with Crippen LogP contribution in [-0.4, -0.2) is 67.3 Å². The minimum absolute atomic E-state index is 0.150. The van der Waals surface area contributed by atoms with Gasteiger partial charge in [0.2, 0.25) is 0 Å². The molecule has 0 unspecified atom stereocenters. The average Bonchev–Trinajstić information content (AvgIpc) is 2.79. The lowest BCUT2D eigenvalue weighted by Crippen LogP contribution is -2.45. The van der Waals surface area contributed by atoms with Crippen molar-refractivity contribution in [2.75, 3.05) is 39.8 Å². The van der Waals surface area contributed by atoms with Crippen LogP contribution in [0.25, 0.3) is 0 Å². The number of rotatable bonds is 5. The SMILES string of the molecule is COC(C)(C)CCN1CCN(C2CCNCC2)C1=O. The zero-order valence-electron chi connectivity index (χ0n) is 12.4. The molecule has 0 aromatic carbocycles. The third kappa shape index (κ3) is 3.60. The number of nitrogens with one attached hydrogen (secondary N) is 1. The number of nitrogens with zero attached hydrogens (tertiary/aromatic N) is 2. The number of hydrogen-bond donors (Lipinski definition) is 1. The lowest BCUT2D eigenvalue weighted by Gasteiger charge is -2.31. The molecule has 110 valence electrons. The monoisotopic (exact) mass is 269 g/mol. The lowest BCUT2D eigenvalue weighted by atomic mass is 10.1. The summed E-state index contributed by atoms with van der Waals surface area (Å²) in [5.74, 6) is 0. The summed E-state index contributed by atoms with van der Waals surface area (Å²) in [6.07, 6.45) is 3.06. The molecule has 5 nitrogen and oxygen atoms in total. The topological polar surface area (TPSA) is 44.8 Å². The molecule has 0 atom stereocenters. The van der Waals surface area contributed by atoms with Gasteiger partial charge in [-0.15, -0.1) is 0 Å². The van der Waals surface area contributed by atoms with Gasteiger partial charge in [0.05, 0.1) is 5.60 Å². The largest absolute Gasteiger partial charge is 0.379 e. The Morgan fingerprint density at radius 1 is 1.32 bits per heavy atom. The number of hydrogen-bond acceptors (Lipinski definition) is 3. The van der Waals surface area contributed by atoms with E-state index in [-0.39, 0.29) is 11.6 Å². The summed E-state index contributed by atoms with van der Waals surface area (Å²) >= 11 is 0. The molecule has 1 N–H and O–H groups in total. The molecule has 5 heteroatoms. The molecular weight excluding hydrogens is 242 g/mol. The fourth-order valence-electron chi connectivity index (χ4n) is 2.77. The Morgan fingerprint density at radius 2 is 2.00 bits per heavy atom. The summed E-state index contributed by atoms with van der Waals surface area (Å²) in [6, 6.07) is 0.660. The third-order valence-electron chi connectivity index (χ3n) is 4.41. The maximum Gasteiger partial charge on any atom is 0.320 e. The second-order valence-corrected chi connectivity index (χ2v) is 6.16. The highest BCUT2D eigenvalue weighted by Crippen LogP contribution is 2.21. The quantitative estimate of drug-likeness (QED) is 0.818. The van der Waals surface area contributed by atoms with Gasteiger partial charge in [-0.1, -0.05) is 0 Å². The zero-order chi connectivity index (χ0) is 13.9. The number of ether oxygens (including phenoxy) is 1. The summed E-state index contributed by atoms with van der Waals surface area (Å²) in [7, 11) is 1.73. The van der Waals surface area contributed by atoms with Crippen molar-refractivity contribution in [1.29, 1.82) is 0 Å². The highest BCUT2D eigenvalue weighted by atomic mass is 16.5. The average molecular weight is 269 g/mol. The molecule has 0 saturated carbocycles. The number of carbonyl (C=O) groups is 1. The van der Waals surface area contributed by atoms with Crippen LogP contribution in [0.1, 0.15) is 33.1 Å². The summed E-state index contributed by atoms with van der Waals surface area (Å²) < 4.78 is 5.42. The Hall–Kier alpha value is -0.810. The number of urea groups is 1. The van der Waals surface area contributed by atoms with Gasteiger partial charge in [-0.3, -0.25) is 0 Å². The smallest absolute Gasteiger partial charge is 0.320 e. The molecule has 2 amide bonds.